The third-order valence-corrected chi connectivity index (χ3v) is 4.30. The normalized spacial score (nSPS) is 12.3. The van der Waals surface area contributed by atoms with E-state index in [1.54, 1.807) is 7.11 Å². The molecule has 0 atom stereocenters. The summed E-state index contributed by atoms with van der Waals surface area (Å²) in [4.78, 5) is 4.69. The zero-order chi connectivity index (χ0) is 15.1. The van der Waals surface area contributed by atoms with Gasteiger partial charge in [0.15, 0.2) is 6.73 Å². The minimum Gasteiger partial charge on any atom is -0.497 e. The third kappa shape index (κ3) is 2.01. The summed E-state index contributed by atoms with van der Waals surface area (Å²) >= 11 is 3.58. The van der Waals surface area contributed by atoms with E-state index >= 15 is 0 Å². The second-order valence-corrected chi connectivity index (χ2v) is 5.76. The molecule has 110 valence electrons. The molecule has 0 unspecified atom stereocenters. The fourth-order valence-electron chi connectivity index (χ4n) is 2.70. The number of hydrogen-bond acceptors (Lipinski definition) is 3. The smallest absolute Gasteiger partial charge is 0.167 e. The molecule has 22 heavy (non-hydrogen) atoms. The van der Waals surface area contributed by atoms with Crippen molar-refractivity contribution in [3.8, 4) is 34.1 Å². The number of aromatic nitrogens is 2. The van der Waals surface area contributed by atoms with Crippen LogP contribution in [0.25, 0.3) is 22.6 Å². The Kier molecular flexibility index (Phi) is 3.15. The van der Waals surface area contributed by atoms with Gasteiger partial charge in [-0.05, 0) is 34.1 Å². The monoisotopic (exact) mass is 356 g/mol. The van der Waals surface area contributed by atoms with E-state index in [-0.39, 0.29) is 0 Å². The Morgan fingerprint density at radius 3 is 2.77 bits per heavy atom. The van der Waals surface area contributed by atoms with Gasteiger partial charge in [0, 0.05) is 5.56 Å². The Bertz CT molecular complexity index is 843. The summed E-state index contributed by atoms with van der Waals surface area (Å²) in [6.07, 6.45) is 0. The van der Waals surface area contributed by atoms with Crippen LogP contribution in [0, 0.1) is 0 Å². The zero-order valence-electron chi connectivity index (χ0n) is 11.9. The van der Waals surface area contributed by atoms with Crippen molar-refractivity contribution in [3.63, 3.8) is 0 Å². The van der Waals surface area contributed by atoms with Crippen molar-refractivity contribution in [1.29, 1.82) is 0 Å². The van der Waals surface area contributed by atoms with E-state index in [1.807, 2.05) is 36.4 Å². The standard InChI is InChI=1S/C17H13BrN2O2/c1-21-12-7-8-14-13(9-12)17-19-16(18)15(20(17)10-22-14)11-5-3-2-4-6-11/h2-9H,10H2,1H3. The summed E-state index contributed by atoms with van der Waals surface area (Å²) in [7, 11) is 1.66. The minimum absolute atomic E-state index is 0.442. The van der Waals surface area contributed by atoms with E-state index in [2.05, 4.69) is 37.6 Å². The molecule has 1 aliphatic rings. The number of nitrogens with zero attached hydrogens (tertiary/aromatic N) is 2. The molecule has 0 bridgehead atoms. The maximum atomic E-state index is 5.87. The maximum absolute atomic E-state index is 5.87. The molecule has 1 aromatic heterocycles. The van der Waals surface area contributed by atoms with Gasteiger partial charge in [0.1, 0.15) is 21.9 Å². The summed E-state index contributed by atoms with van der Waals surface area (Å²) in [6, 6.07) is 15.9. The summed E-state index contributed by atoms with van der Waals surface area (Å²) in [6.45, 7) is 0.442. The SMILES string of the molecule is COc1ccc2c(c1)-c1nc(Br)c(-c3ccccc3)n1CO2. The molecule has 0 aliphatic carbocycles. The van der Waals surface area contributed by atoms with E-state index in [4.69, 9.17) is 9.47 Å². The van der Waals surface area contributed by atoms with Crippen LogP contribution in [0.15, 0.2) is 53.1 Å². The molecule has 3 aromatic rings. The van der Waals surface area contributed by atoms with Gasteiger partial charge in [0.05, 0.1) is 18.4 Å². The fraction of sp³-hybridized carbons (Fsp3) is 0.118. The van der Waals surface area contributed by atoms with E-state index in [9.17, 15) is 0 Å². The van der Waals surface area contributed by atoms with Crippen molar-refractivity contribution in [2.45, 2.75) is 6.73 Å². The van der Waals surface area contributed by atoms with E-state index in [0.29, 0.717) is 6.73 Å². The topological polar surface area (TPSA) is 36.3 Å². The van der Waals surface area contributed by atoms with Crippen LogP contribution < -0.4 is 9.47 Å². The second kappa shape index (κ2) is 5.18. The lowest BCUT2D eigenvalue weighted by atomic mass is 10.1. The van der Waals surface area contributed by atoms with Crippen molar-refractivity contribution in [2.75, 3.05) is 7.11 Å². The lowest BCUT2D eigenvalue weighted by Crippen LogP contribution is -2.14. The molecule has 0 saturated carbocycles. The molecular formula is C17H13BrN2O2. The van der Waals surface area contributed by atoms with Crippen LogP contribution >= 0.6 is 15.9 Å². The van der Waals surface area contributed by atoms with Crippen LogP contribution in [0.1, 0.15) is 0 Å². The minimum atomic E-state index is 0.442. The van der Waals surface area contributed by atoms with Gasteiger partial charge in [0.2, 0.25) is 0 Å². The first-order chi connectivity index (χ1) is 10.8. The van der Waals surface area contributed by atoms with Gasteiger partial charge in [-0.25, -0.2) is 4.98 Å². The number of methoxy groups -OCH3 is 1. The number of ether oxygens (including phenoxy) is 2. The molecule has 2 heterocycles. The number of benzene rings is 2. The van der Waals surface area contributed by atoms with E-state index in [0.717, 1.165) is 38.7 Å². The van der Waals surface area contributed by atoms with Crippen LogP contribution in [-0.4, -0.2) is 16.7 Å². The van der Waals surface area contributed by atoms with Crippen LogP contribution in [0.5, 0.6) is 11.5 Å². The van der Waals surface area contributed by atoms with Gasteiger partial charge < -0.3 is 9.47 Å². The first-order valence-electron chi connectivity index (χ1n) is 6.90. The molecule has 0 spiro atoms. The molecule has 0 radical (unpaired) electrons. The Balaban J connectivity index is 1.93. The molecule has 0 amide bonds. The quantitative estimate of drug-likeness (QED) is 0.685. The highest BCUT2D eigenvalue weighted by molar-refractivity contribution is 9.10. The summed E-state index contributed by atoms with van der Waals surface area (Å²) in [5.41, 5.74) is 3.06. The highest BCUT2D eigenvalue weighted by Crippen LogP contribution is 2.41. The molecule has 4 nitrogen and oxygen atoms in total. The first-order valence-corrected chi connectivity index (χ1v) is 7.70. The van der Waals surface area contributed by atoms with Crippen LogP contribution in [-0.2, 0) is 6.73 Å². The molecule has 1 aliphatic heterocycles. The van der Waals surface area contributed by atoms with Gasteiger partial charge in [-0.2, -0.15) is 0 Å². The van der Waals surface area contributed by atoms with Gasteiger partial charge in [-0.3, -0.25) is 4.57 Å². The highest BCUT2D eigenvalue weighted by Gasteiger charge is 2.25. The van der Waals surface area contributed by atoms with Gasteiger partial charge >= 0.3 is 0 Å². The Morgan fingerprint density at radius 2 is 2.00 bits per heavy atom. The number of fused-ring (bicyclic) bond motifs is 3. The lowest BCUT2D eigenvalue weighted by Gasteiger charge is -2.21. The maximum Gasteiger partial charge on any atom is 0.167 e. The number of hydrogen-bond donors (Lipinski definition) is 0. The predicted octanol–water partition coefficient (Wildman–Crippen LogP) is 4.34. The molecule has 0 saturated heterocycles. The summed E-state index contributed by atoms with van der Waals surface area (Å²) < 4.78 is 14.1. The predicted molar refractivity (Wildman–Crippen MR) is 88.0 cm³/mol. The van der Waals surface area contributed by atoms with Gasteiger partial charge in [0.25, 0.3) is 0 Å². The van der Waals surface area contributed by atoms with Gasteiger partial charge in [-0.15, -0.1) is 0 Å². The third-order valence-electron chi connectivity index (χ3n) is 3.75. The summed E-state index contributed by atoms with van der Waals surface area (Å²) in [5, 5.41) is 0. The fourth-order valence-corrected chi connectivity index (χ4v) is 3.31. The Morgan fingerprint density at radius 1 is 1.18 bits per heavy atom. The van der Waals surface area contributed by atoms with E-state index < -0.39 is 0 Å². The number of rotatable bonds is 2. The average molecular weight is 357 g/mol. The van der Waals surface area contributed by atoms with E-state index in [1.165, 1.54) is 0 Å². The molecule has 4 rings (SSSR count). The van der Waals surface area contributed by atoms with Gasteiger partial charge in [-0.1, -0.05) is 30.3 Å². The van der Waals surface area contributed by atoms with Crippen molar-refractivity contribution in [2.24, 2.45) is 0 Å². The highest BCUT2D eigenvalue weighted by atomic mass is 79.9. The van der Waals surface area contributed by atoms with Crippen molar-refractivity contribution >= 4 is 15.9 Å². The molecule has 5 heteroatoms. The molecule has 2 aromatic carbocycles. The van der Waals surface area contributed by atoms with Crippen LogP contribution in [0.3, 0.4) is 0 Å². The Labute approximate surface area is 136 Å². The number of halogens is 1. The molecule has 0 N–H and O–H groups in total. The zero-order valence-corrected chi connectivity index (χ0v) is 13.5. The first kappa shape index (κ1) is 13.4. The largest absolute Gasteiger partial charge is 0.497 e. The Hall–Kier alpha value is -2.27. The van der Waals surface area contributed by atoms with Crippen molar-refractivity contribution < 1.29 is 9.47 Å². The second-order valence-electron chi connectivity index (χ2n) is 5.00. The number of imidazole rings is 1. The summed E-state index contributed by atoms with van der Waals surface area (Å²) in [5.74, 6) is 2.49. The lowest BCUT2D eigenvalue weighted by molar-refractivity contribution is 0.231. The molecular weight excluding hydrogens is 344 g/mol. The van der Waals surface area contributed by atoms with Crippen LogP contribution in [0.2, 0.25) is 0 Å². The van der Waals surface area contributed by atoms with Crippen LogP contribution in [0.4, 0.5) is 0 Å². The van der Waals surface area contributed by atoms with Crippen molar-refractivity contribution in [3.05, 3.63) is 53.1 Å². The van der Waals surface area contributed by atoms with Crippen molar-refractivity contribution in [1.82, 2.24) is 9.55 Å². The average Bonchev–Trinajstić information content (AvgIpc) is 2.91. The molecule has 0 fully saturated rings.